The fraction of sp³-hybridized carbons (Fsp3) is 0.467. The van der Waals surface area contributed by atoms with Crippen molar-refractivity contribution in [2.24, 2.45) is 0 Å². The standard InChI is InChI=1S/C15H20N2O4/c1-21-7-6-16-14(18)10-17-9-12-5-3-2-4-11(12)8-13(17)15(19)20/h2-5,13H,6-10H2,1H3,(H,16,18)(H,19,20). The summed E-state index contributed by atoms with van der Waals surface area (Å²) in [5.41, 5.74) is 2.13. The number of ether oxygens (including phenoxy) is 1. The predicted molar refractivity (Wildman–Crippen MR) is 76.9 cm³/mol. The molecule has 1 heterocycles. The van der Waals surface area contributed by atoms with Gasteiger partial charge in [-0.3, -0.25) is 14.5 Å². The molecule has 0 saturated carbocycles. The summed E-state index contributed by atoms with van der Waals surface area (Å²) in [6, 6.07) is 7.10. The van der Waals surface area contributed by atoms with Crippen molar-refractivity contribution in [3.63, 3.8) is 0 Å². The van der Waals surface area contributed by atoms with Crippen molar-refractivity contribution in [3.05, 3.63) is 35.4 Å². The van der Waals surface area contributed by atoms with Gasteiger partial charge in [0.1, 0.15) is 6.04 Å². The maximum Gasteiger partial charge on any atom is 0.321 e. The Morgan fingerprint density at radius 3 is 2.76 bits per heavy atom. The number of nitrogens with zero attached hydrogens (tertiary/aromatic N) is 1. The Bertz CT molecular complexity index is 518. The molecule has 0 radical (unpaired) electrons. The van der Waals surface area contributed by atoms with Gasteiger partial charge in [-0.1, -0.05) is 24.3 Å². The second-order valence-electron chi connectivity index (χ2n) is 5.07. The molecule has 1 aromatic rings. The molecule has 1 unspecified atom stereocenters. The summed E-state index contributed by atoms with van der Waals surface area (Å²) in [4.78, 5) is 25.0. The number of nitrogens with one attached hydrogen (secondary N) is 1. The monoisotopic (exact) mass is 292 g/mol. The molecule has 1 amide bonds. The Morgan fingerprint density at radius 2 is 2.10 bits per heavy atom. The Kier molecular flexibility index (Phi) is 5.30. The highest BCUT2D eigenvalue weighted by atomic mass is 16.5. The van der Waals surface area contributed by atoms with Gasteiger partial charge in [-0.25, -0.2) is 0 Å². The van der Waals surface area contributed by atoms with Crippen LogP contribution in [-0.4, -0.2) is 54.7 Å². The summed E-state index contributed by atoms with van der Waals surface area (Å²) >= 11 is 0. The summed E-state index contributed by atoms with van der Waals surface area (Å²) in [5.74, 6) is -1.08. The van der Waals surface area contributed by atoms with Gasteiger partial charge in [0.2, 0.25) is 5.91 Å². The third-order valence-corrected chi connectivity index (χ3v) is 3.61. The van der Waals surface area contributed by atoms with Gasteiger partial charge in [0.15, 0.2) is 0 Å². The second kappa shape index (κ2) is 7.19. The molecule has 0 saturated heterocycles. The van der Waals surface area contributed by atoms with Crippen molar-refractivity contribution in [3.8, 4) is 0 Å². The van der Waals surface area contributed by atoms with E-state index < -0.39 is 12.0 Å². The number of benzene rings is 1. The molecule has 114 valence electrons. The zero-order valence-electron chi connectivity index (χ0n) is 12.0. The van der Waals surface area contributed by atoms with Gasteiger partial charge in [-0.05, 0) is 17.5 Å². The minimum absolute atomic E-state index is 0.0784. The van der Waals surface area contributed by atoms with E-state index in [1.807, 2.05) is 24.3 Å². The molecule has 0 spiro atoms. The third kappa shape index (κ3) is 4.03. The van der Waals surface area contributed by atoms with E-state index in [-0.39, 0.29) is 12.5 Å². The highest BCUT2D eigenvalue weighted by molar-refractivity contribution is 5.80. The van der Waals surface area contributed by atoms with Gasteiger partial charge >= 0.3 is 5.97 Å². The zero-order chi connectivity index (χ0) is 15.2. The Morgan fingerprint density at radius 1 is 1.38 bits per heavy atom. The molecule has 6 heteroatoms. The quantitative estimate of drug-likeness (QED) is 0.735. The summed E-state index contributed by atoms with van der Waals surface area (Å²) in [5, 5.41) is 12.1. The first kappa shape index (κ1) is 15.5. The molecule has 0 bridgehead atoms. The molecule has 6 nitrogen and oxygen atoms in total. The lowest BCUT2D eigenvalue weighted by molar-refractivity contribution is -0.144. The number of carbonyl (C=O) groups excluding carboxylic acids is 1. The van der Waals surface area contributed by atoms with Crippen molar-refractivity contribution in [2.45, 2.75) is 19.0 Å². The Labute approximate surface area is 123 Å². The van der Waals surface area contributed by atoms with Crippen LogP contribution in [0.15, 0.2) is 24.3 Å². The average molecular weight is 292 g/mol. The lowest BCUT2D eigenvalue weighted by Gasteiger charge is -2.33. The number of hydrogen-bond acceptors (Lipinski definition) is 4. The molecular weight excluding hydrogens is 272 g/mol. The first-order valence-corrected chi connectivity index (χ1v) is 6.91. The summed E-state index contributed by atoms with van der Waals surface area (Å²) in [7, 11) is 1.56. The fourth-order valence-electron chi connectivity index (χ4n) is 2.52. The van der Waals surface area contributed by atoms with E-state index >= 15 is 0 Å². The van der Waals surface area contributed by atoms with Crippen molar-refractivity contribution in [1.82, 2.24) is 10.2 Å². The normalized spacial score (nSPS) is 18.0. The van der Waals surface area contributed by atoms with Crippen LogP contribution in [-0.2, 0) is 27.3 Å². The molecule has 1 aliphatic rings. The number of aliphatic carboxylic acids is 1. The number of carboxylic acids is 1. The number of methoxy groups -OCH3 is 1. The van der Waals surface area contributed by atoms with E-state index in [0.717, 1.165) is 11.1 Å². The van der Waals surface area contributed by atoms with E-state index in [1.54, 1.807) is 12.0 Å². The number of fused-ring (bicyclic) bond motifs is 1. The average Bonchev–Trinajstić information content (AvgIpc) is 2.46. The Balaban J connectivity index is 2.03. The van der Waals surface area contributed by atoms with Crippen molar-refractivity contribution in [2.75, 3.05) is 26.8 Å². The van der Waals surface area contributed by atoms with E-state index in [1.165, 1.54) is 0 Å². The van der Waals surface area contributed by atoms with Crippen LogP contribution >= 0.6 is 0 Å². The maximum atomic E-state index is 11.9. The van der Waals surface area contributed by atoms with Crippen molar-refractivity contribution in [1.29, 1.82) is 0 Å². The van der Waals surface area contributed by atoms with Gasteiger partial charge in [-0.2, -0.15) is 0 Å². The molecule has 0 aromatic heterocycles. The van der Waals surface area contributed by atoms with E-state index in [9.17, 15) is 14.7 Å². The highest BCUT2D eigenvalue weighted by Crippen LogP contribution is 2.23. The molecule has 1 aromatic carbocycles. The number of amides is 1. The second-order valence-corrected chi connectivity index (χ2v) is 5.07. The van der Waals surface area contributed by atoms with Crippen molar-refractivity contribution < 1.29 is 19.4 Å². The van der Waals surface area contributed by atoms with E-state index in [4.69, 9.17) is 4.74 Å². The van der Waals surface area contributed by atoms with Gasteiger partial charge < -0.3 is 15.2 Å². The van der Waals surface area contributed by atoms with Crippen LogP contribution in [0.5, 0.6) is 0 Å². The van der Waals surface area contributed by atoms with Crippen LogP contribution < -0.4 is 5.32 Å². The van der Waals surface area contributed by atoms with Crippen LogP contribution in [0.3, 0.4) is 0 Å². The van der Waals surface area contributed by atoms with E-state index in [0.29, 0.717) is 26.1 Å². The molecule has 0 fully saturated rings. The lowest BCUT2D eigenvalue weighted by atomic mass is 9.94. The van der Waals surface area contributed by atoms with Crippen LogP contribution in [0.25, 0.3) is 0 Å². The molecule has 1 atom stereocenters. The smallest absolute Gasteiger partial charge is 0.321 e. The van der Waals surface area contributed by atoms with Crippen LogP contribution in [0.1, 0.15) is 11.1 Å². The molecule has 21 heavy (non-hydrogen) atoms. The largest absolute Gasteiger partial charge is 0.480 e. The predicted octanol–water partition coefficient (Wildman–Crippen LogP) is 0.261. The lowest BCUT2D eigenvalue weighted by Crippen LogP contribution is -2.49. The molecule has 2 rings (SSSR count). The highest BCUT2D eigenvalue weighted by Gasteiger charge is 2.32. The first-order valence-electron chi connectivity index (χ1n) is 6.91. The Hall–Kier alpha value is -1.92. The number of carbonyl (C=O) groups is 2. The van der Waals surface area contributed by atoms with Crippen molar-refractivity contribution >= 4 is 11.9 Å². The SMILES string of the molecule is COCCNC(=O)CN1Cc2ccccc2CC1C(=O)O. The van der Waals surface area contributed by atoms with E-state index in [2.05, 4.69) is 5.32 Å². The van der Waals surface area contributed by atoms with Gasteiger partial charge in [0, 0.05) is 20.2 Å². The van der Waals surface area contributed by atoms with Gasteiger partial charge in [0.05, 0.1) is 13.2 Å². The first-order chi connectivity index (χ1) is 10.1. The number of carboxylic acid groups (broad SMARTS) is 1. The van der Waals surface area contributed by atoms with Gasteiger partial charge in [0.25, 0.3) is 0 Å². The topological polar surface area (TPSA) is 78.9 Å². The van der Waals surface area contributed by atoms with Crippen LogP contribution in [0.2, 0.25) is 0 Å². The zero-order valence-corrected chi connectivity index (χ0v) is 12.0. The number of hydrogen-bond donors (Lipinski definition) is 2. The summed E-state index contributed by atoms with van der Waals surface area (Å²) in [6.45, 7) is 1.42. The molecule has 0 aliphatic carbocycles. The maximum absolute atomic E-state index is 11.9. The fourth-order valence-corrected chi connectivity index (χ4v) is 2.52. The molecular formula is C15H20N2O4. The van der Waals surface area contributed by atoms with Crippen LogP contribution in [0.4, 0.5) is 0 Å². The third-order valence-electron chi connectivity index (χ3n) is 3.61. The number of rotatable bonds is 6. The summed E-state index contributed by atoms with van der Waals surface area (Å²) in [6.07, 6.45) is 0.427. The molecule has 1 aliphatic heterocycles. The van der Waals surface area contributed by atoms with Gasteiger partial charge in [-0.15, -0.1) is 0 Å². The van der Waals surface area contributed by atoms with Crippen LogP contribution in [0, 0.1) is 0 Å². The minimum atomic E-state index is -0.894. The summed E-state index contributed by atoms with van der Waals surface area (Å²) < 4.78 is 4.87. The minimum Gasteiger partial charge on any atom is -0.480 e. The molecule has 2 N–H and O–H groups in total.